The first-order valence-electron chi connectivity index (χ1n) is 2.51. The van der Waals surface area contributed by atoms with Gasteiger partial charge in [-0.3, -0.25) is 0 Å². The van der Waals surface area contributed by atoms with Gasteiger partial charge in [-0.05, 0) is 13.8 Å². The summed E-state index contributed by atoms with van der Waals surface area (Å²) in [6, 6.07) is 0. The molecule has 2 nitrogen and oxygen atoms in total. The van der Waals surface area contributed by atoms with Crippen LogP contribution in [0, 0.1) is 0 Å². The van der Waals surface area contributed by atoms with Gasteiger partial charge in [0, 0.05) is 0 Å². The molecule has 2 unspecified atom stereocenters. The normalized spacial score (nSPS) is 43.0. The van der Waals surface area contributed by atoms with E-state index in [9.17, 15) is 0 Å². The maximum Gasteiger partial charge on any atom is 0.522 e. The first-order chi connectivity index (χ1) is 3.70. The molecule has 1 aliphatic rings. The Hall–Kier alpha value is 0.440. The molecule has 1 fully saturated rings. The van der Waals surface area contributed by atoms with Crippen LogP contribution >= 0.6 is 7.15 Å². The van der Waals surface area contributed by atoms with Crippen LogP contribution in [0.3, 0.4) is 0 Å². The molecule has 1 rings (SSSR count). The molecule has 0 bridgehead atoms. The molecule has 0 radical (unpaired) electrons. The molecule has 8 heavy (non-hydrogen) atoms. The highest BCUT2D eigenvalue weighted by molar-refractivity contribution is 8.00. The van der Waals surface area contributed by atoms with E-state index in [0.29, 0.717) is 0 Å². The molecule has 4 heteroatoms. The van der Waals surface area contributed by atoms with Crippen LogP contribution < -0.4 is 0 Å². The average Bonchev–Trinajstić information content (AvgIpc) is 1.85. The Morgan fingerprint density at radius 3 is 1.75 bits per heavy atom. The summed E-state index contributed by atoms with van der Waals surface area (Å²) in [6.07, 6.45) is 0.386. The second-order valence-electron chi connectivity index (χ2n) is 1.84. The van der Waals surface area contributed by atoms with E-state index in [-0.39, 0.29) is 12.2 Å². The third-order valence-corrected chi connectivity index (χ3v) is 2.69. The lowest BCUT2D eigenvalue weighted by molar-refractivity contribution is 0.187. The molecular weight excluding hydrogens is 143 g/mol. The lowest BCUT2D eigenvalue weighted by Crippen LogP contribution is -2.13. The van der Waals surface area contributed by atoms with Crippen LogP contribution in [-0.4, -0.2) is 12.2 Å². The van der Waals surface area contributed by atoms with Gasteiger partial charge in [-0.2, -0.15) is 0 Å². The van der Waals surface area contributed by atoms with Gasteiger partial charge in [-0.15, -0.1) is 9.05 Å². The summed E-state index contributed by atoms with van der Waals surface area (Å²) in [5, 5.41) is 0. The Morgan fingerprint density at radius 1 is 1.25 bits per heavy atom. The molecule has 2 atom stereocenters. The van der Waals surface area contributed by atoms with Crippen molar-refractivity contribution < 1.29 is 9.05 Å². The zero-order valence-corrected chi connectivity index (χ0v) is 6.54. The Balaban J connectivity index is 2.51. The highest BCUT2D eigenvalue weighted by atomic mass is 32.4. The van der Waals surface area contributed by atoms with Gasteiger partial charge in [0.05, 0.1) is 0 Å². The number of hydrogen-bond acceptors (Lipinski definition) is 3. The van der Waals surface area contributed by atoms with Gasteiger partial charge in [-0.1, -0.05) is 0 Å². The highest BCUT2D eigenvalue weighted by Crippen LogP contribution is 2.37. The van der Waals surface area contributed by atoms with Gasteiger partial charge in [-0.25, -0.2) is 0 Å². The Morgan fingerprint density at radius 2 is 1.62 bits per heavy atom. The summed E-state index contributed by atoms with van der Waals surface area (Å²) < 4.78 is 10.3. The van der Waals surface area contributed by atoms with Crippen LogP contribution in [0.25, 0.3) is 0 Å². The van der Waals surface area contributed by atoms with Crippen molar-refractivity contribution in [3.8, 4) is 0 Å². The number of hydrogen-bond donors (Lipinski definition) is 0. The van der Waals surface area contributed by atoms with E-state index in [1.807, 2.05) is 13.8 Å². The van der Waals surface area contributed by atoms with Crippen molar-refractivity contribution in [1.82, 2.24) is 0 Å². The Bertz CT molecular complexity index is 105. The van der Waals surface area contributed by atoms with E-state index in [0.717, 1.165) is 0 Å². The quantitative estimate of drug-likeness (QED) is 0.490. The van der Waals surface area contributed by atoms with Crippen LogP contribution in [0.4, 0.5) is 0 Å². The summed E-state index contributed by atoms with van der Waals surface area (Å²) in [5.41, 5.74) is 0. The SMILES string of the molecule is CC1O[P+](=S)OC1C. The van der Waals surface area contributed by atoms with Crippen molar-refractivity contribution in [3.63, 3.8) is 0 Å². The predicted molar refractivity (Wildman–Crippen MR) is 35.4 cm³/mol. The first-order valence-corrected chi connectivity index (χ1v) is 4.70. The third kappa shape index (κ3) is 1.23. The van der Waals surface area contributed by atoms with E-state index in [2.05, 4.69) is 0 Å². The zero-order chi connectivity index (χ0) is 6.15. The van der Waals surface area contributed by atoms with E-state index >= 15 is 0 Å². The molecule has 0 aromatic rings. The maximum atomic E-state index is 5.13. The van der Waals surface area contributed by atoms with Crippen LogP contribution in [0.5, 0.6) is 0 Å². The molecule has 1 heterocycles. The second kappa shape index (κ2) is 2.36. The van der Waals surface area contributed by atoms with Crippen LogP contribution in [-0.2, 0) is 20.9 Å². The molecule has 0 aromatic heterocycles. The summed E-state index contributed by atoms with van der Waals surface area (Å²) in [4.78, 5) is 0. The van der Waals surface area contributed by atoms with E-state index in [1.54, 1.807) is 0 Å². The highest BCUT2D eigenvalue weighted by Gasteiger charge is 2.36. The van der Waals surface area contributed by atoms with Crippen molar-refractivity contribution in [2.24, 2.45) is 0 Å². The molecule has 46 valence electrons. The Labute approximate surface area is 54.8 Å². The minimum Gasteiger partial charge on any atom is -0.136 e. The molecular formula is C4H8O2PS+. The fourth-order valence-electron chi connectivity index (χ4n) is 0.468. The molecule has 1 aliphatic heterocycles. The van der Waals surface area contributed by atoms with Crippen LogP contribution in [0.1, 0.15) is 13.8 Å². The first kappa shape index (κ1) is 6.56. The molecule has 0 amide bonds. The van der Waals surface area contributed by atoms with Crippen molar-refractivity contribution in [2.45, 2.75) is 26.1 Å². The van der Waals surface area contributed by atoms with E-state index in [4.69, 9.17) is 20.9 Å². The summed E-state index contributed by atoms with van der Waals surface area (Å²) in [6.45, 7) is 3.94. The second-order valence-corrected chi connectivity index (χ2v) is 3.61. The largest absolute Gasteiger partial charge is 0.522 e. The lowest BCUT2D eigenvalue weighted by Gasteiger charge is -1.94. The lowest BCUT2D eigenvalue weighted by atomic mass is 10.3. The molecule has 0 aromatic carbocycles. The van der Waals surface area contributed by atoms with Gasteiger partial charge in [0.1, 0.15) is 12.2 Å². The monoisotopic (exact) mass is 151 g/mol. The van der Waals surface area contributed by atoms with Crippen LogP contribution in [0.2, 0.25) is 0 Å². The van der Waals surface area contributed by atoms with Gasteiger partial charge >= 0.3 is 7.15 Å². The summed E-state index contributed by atoms with van der Waals surface area (Å²) >= 11 is 4.78. The van der Waals surface area contributed by atoms with Gasteiger partial charge in [0.2, 0.25) is 11.8 Å². The molecule has 1 saturated heterocycles. The van der Waals surface area contributed by atoms with Gasteiger partial charge in [0.15, 0.2) is 0 Å². The molecule has 0 saturated carbocycles. The van der Waals surface area contributed by atoms with Crippen LogP contribution in [0.15, 0.2) is 0 Å². The fourth-order valence-corrected chi connectivity index (χ4v) is 2.22. The Kier molecular flexibility index (Phi) is 1.93. The molecule has 0 N–H and O–H groups in total. The van der Waals surface area contributed by atoms with E-state index in [1.165, 1.54) is 0 Å². The third-order valence-electron chi connectivity index (χ3n) is 1.17. The maximum absolute atomic E-state index is 5.13. The topological polar surface area (TPSA) is 18.5 Å². The van der Waals surface area contributed by atoms with Crippen molar-refractivity contribution in [2.75, 3.05) is 0 Å². The zero-order valence-electron chi connectivity index (χ0n) is 4.83. The minimum absolute atomic E-state index is 0.193. The molecule has 0 spiro atoms. The van der Waals surface area contributed by atoms with Gasteiger partial charge < -0.3 is 0 Å². The smallest absolute Gasteiger partial charge is 0.136 e. The van der Waals surface area contributed by atoms with Gasteiger partial charge in [0.25, 0.3) is 0 Å². The van der Waals surface area contributed by atoms with Crippen molar-refractivity contribution in [1.29, 1.82) is 0 Å². The van der Waals surface area contributed by atoms with Crippen molar-refractivity contribution in [3.05, 3.63) is 0 Å². The molecule has 0 aliphatic carbocycles. The predicted octanol–water partition coefficient (Wildman–Crippen LogP) is 1.58. The summed E-state index contributed by atoms with van der Waals surface area (Å²) in [5.74, 6) is 0. The average molecular weight is 151 g/mol. The minimum atomic E-state index is -0.960. The number of rotatable bonds is 0. The van der Waals surface area contributed by atoms with E-state index < -0.39 is 7.15 Å². The standard InChI is InChI=1S/C4H8O2PS/c1-3-4(2)6-7(8)5-3/h3-4H,1-2H3/q+1. The summed E-state index contributed by atoms with van der Waals surface area (Å²) in [7, 11) is -0.960. The fraction of sp³-hybridized carbons (Fsp3) is 1.00. The van der Waals surface area contributed by atoms with Crippen molar-refractivity contribution >= 4 is 19.0 Å².